The number of likely N-dealkylation sites (tertiary alicyclic amines) is 1. The van der Waals surface area contributed by atoms with Crippen LogP contribution in [0.5, 0.6) is 0 Å². The summed E-state index contributed by atoms with van der Waals surface area (Å²) in [4.78, 5) is 13.2. The molecule has 19 heavy (non-hydrogen) atoms. The first kappa shape index (κ1) is 16.2. The fourth-order valence-corrected chi connectivity index (χ4v) is 2.32. The normalized spacial score (nSPS) is 25.2. The van der Waals surface area contributed by atoms with Crippen LogP contribution in [0.3, 0.4) is 0 Å². The molecule has 1 saturated heterocycles. The van der Waals surface area contributed by atoms with Gasteiger partial charge in [0.05, 0.1) is 12.4 Å². The quantitative estimate of drug-likeness (QED) is 0.753. The lowest BCUT2D eigenvalue weighted by molar-refractivity contribution is -0.0586. The number of carbonyl (C=O) groups excluding carboxylic acids is 1. The maximum atomic E-state index is 12.0. The molecule has 112 valence electrons. The van der Waals surface area contributed by atoms with Gasteiger partial charge in [-0.25, -0.2) is 8.98 Å². The summed E-state index contributed by atoms with van der Waals surface area (Å²) in [6.07, 6.45) is -1.04. The zero-order valence-corrected chi connectivity index (χ0v) is 12.4. The van der Waals surface area contributed by atoms with Gasteiger partial charge in [-0.3, -0.25) is 4.90 Å². The standard InChI is InChI=1S/C11H21NO6S/c1-11(2,3)17-10(14)12-6-5-8(13)7-9(12)18-19(4,15)16/h8-9,13H,5-7H2,1-4H3. The van der Waals surface area contributed by atoms with Crippen LogP contribution >= 0.6 is 0 Å². The van der Waals surface area contributed by atoms with Gasteiger partial charge in [-0.2, -0.15) is 8.42 Å². The van der Waals surface area contributed by atoms with Gasteiger partial charge in [0, 0.05) is 13.0 Å². The van der Waals surface area contributed by atoms with Crippen molar-refractivity contribution in [1.82, 2.24) is 4.90 Å². The van der Waals surface area contributed by atoms with Crippen molar-refractivity contribution in [2.45, 2.75) is 51.5 Å². The zero-order chi connectivity index (χ0) is 14.8. The summed E-state index contributed by atoms with van der Waals surface area (Å²) in [5.74, 6) is 0. The Morgan fingerprint density at radius 2 is 1.95 bits per heavy atom. The van der Waals surface area contributed by atoms with Gasteiger partial charge in [0.2, 0.25) is 0 Å². The molecule has 0 aromatic carbocycles. The molecule has 0 spiro atoms. The number of aliphatic hydroxyl groups is 1. The lowest BCUT2D eigenvalue weighted by Gasteiger charge is -2.37. The molecular formula is C11H21NO6S. The Morgan fingerprint density at radius 3 is 2.42 bits per heavy atom. The highest BCUT2D eigenvalue weighted by atomic mass is 32.2. The van der Waals surface area contributed by atoms with Gasteiger partial charge in [0.1, 0.15) is 5.60 Å². The lowest BCUT2D eigenvalue weighted by Crippen LogP contribution is -2.51. The lowest BCUT2D eigenvalue weighted by atomic mass is 10.1. The Hall–Kier alpha value is -0.860. The van der Waals surface area contributed by atoms with Crippen LogP contribution in [0.2, 0.25) is 0 Å². The van der Waals surface area contributed by atoms with Gasteiger partial charge in [-0.05, 0) is 27.2 Å². The third kappa shape index (κ3) is 5.75. The smallest absolute Gasteiger partial charge is 0.412 e. The molecule has 1 heterocycles. The van der Waals surface area contributed by atoms with Crippen molar-refractivity contribution in [2.75, 3.05) is 12.8 Å². The maximum Gasteiger partial charge on any atom is 0.412 e. The predicted octanol–water partition coefficient (Wildman–Crippen LogP) is 0.681. The summed E-state index contributed by atoms with van der Waals surface area (Å²) in [6, 6.07) is 0. The minimum absolute atomic E-state index is 0.0479. The Labute approximate surface area is 113 Å². The summed E-state index contributed by atoms with van der Waals surface area (Å²) in [5.41, 5.74) is -0.678. The van der Waals surface area contributed by atoms with Crippen molar-refractivity contribution < 1.29 is 27.2 Å². The highest BCUT2D eigenvalue weighted by molar-refractivity contribution is 7.86. The van der Waals surface area contributed by atoms with Crippen molar-refractivity contribution in [1.29, 1.82) is 0 Å². The van der Waals surface area contributed by atoms with E-state index in [4.69, 9.17) is 8.92 Å². The van der Waals surface area contributed by atoms with E-state index in [0.29, 0.717) is 6.42 Å². The van der Waals surface area contributed by atoms with E-state index >= 15 is 0 Å². The van der Waals surface area contributed by atoms with Crippen molar-refractivity contribution in [3.63, 3.8) is 0 Å². The number of amides is 1. The molecule has 7 nitrogen and oxygen atoms in total. The molecule has 1 rings (SSSR count). The predicted molar refractivity (Wildman–Crippen MR) is 67.9 cm³/mol. The minimum atomic E-state index is -3.72. The Bertz CT molecular complexity index is 427. The first-order chi connectivity index (χ1) is 8.48. The van der Waals surface area contributed by atoms with E-state index in [-0.39, 0.29) is 13.0 Å². The van der Waals surface area contributed by atoms with E-state index < -0.39 is 34.1 Å². The summed E-state index contributed by atoms with van der Waals surface area (Å²) < 4.78 is 32.4. The molecule has 0 bridgehead atoms. The van der Waals surface area contributed by atoms with Gasteiger partial charge < -0.3 is 9.84 Å². The third-order valence-electron chi connectivity index (χ3n) is 2.44. The van der Waals surface area contributed by atoms with E-state index in [0.717, 1.165) is 6.26 Å². The number of aliphatic hydroxyl groups excluding tert-OH is 1. The number of piperidine rings is 1. The molecule has 1 fully saturated rings. The molecule has 8 heteroatoms. The fourth-order valence-electron chi connectivity index (χ4n) is 1.73. The van der Waals surface area contributed by atoms with Crippen LogP contribution in [-0.2, 0) is 19.0 Å². The number of rotatable bonds is 2. The molecule has 2 unspecified atom stereocenters. The molecule has 1 aliphatic heterocycles. The molecule has 1 aliphatic rings. The maximum absolute atomic E-state index is 12.0. The minimum Gasteiger partial charge on any atom is -0.444 e. The molecule has 0 aromatic heterocycles. The van der Waals surface area contributed by atoms with Crippen molar-refractivity contribution in [2.24, 2.45) is 0 Å². The van der Waals surface area contributed by atoms with Crippen LogP contribution in [0.1, 0.15) is 33.6 Å². The third-order valence-corrected chi connectivity index (χ3v) is 3.01. The second-order valence-electron chi connectivity index (χ2n) is 5.61. The van der Waals surface area contributed by atoms with Crippen LogP contribution in [0.25, 0.3) is 0 Å². The first-order valence-corrected chi connectivity index (χ1v) is 7.85. The van der Waals surface area contributed by atoms with Gasteiger partial charge in [0.25, 0.3) is 10.1 Å². The Kier molecular flexibility index (Phi) is 4.81. The average Bonchev–Trinajstić information content (AvgIpc) is 2.11. The van der Waals surface area contributed by atoms with Gasteiger partial charge in [-0.1, -0.05) is 0 Å². The van der Waals surface area contributed by atoms with E-state index in [2.05, 4.69) is 0 Å². The van der Waals surface area contributed by atoms with Crippen LogP contribution in [-0.4, -0.2) is 55.3 Å². The van der Waals surface area contributed by atoms with Crippen LogP contribution in [0, 0.1) is 0 Å². The monoisotopic (exact) mass is 295 g/mol. The number of ether oxygens (including phenoxy) is 1. The van der Waals surface area contributed by atoms with Crippen molar-refractivity contribution in [3.8, 4) is 0 Å². The Morgan fingerprint density at radius 1 is 1.37 bits per heavy atom. The second-order valence-corrected chi connectivity index (χ2v) is 7.21. The van der Waals surface area contributed by atoms with Crippen LogP contribution in [0.15, 0.2) is 0 Å². The zero-order valence-electron chi connectivity index (χ0n) is 11.6. The van der Waals surface area contributed by atoms with Gasteiger partial charge >= 0.3 is 6.09 Å². The van der Waals surface area contributed by atoms with Crippen LogP contribution < -0.4 is 0 Å². The molecule has 1 amide bonds. The highest BCUT2D eigenvalue weighted by Gasteiger charge is 2.36. The SMILES string of the molecule is CC(C)(C)OC(=O)N1CCC(O)CC1OS(C)(=O)=O. The van der Waals surface area contributed by atoms with Crippen molar-refractivity contribution >= 4 is 16.2 Å². The fraction of sp³-hybridized carbons (Fsp3) is 0.909. The van der Waals surface area contributed by atoms with Crippen molar-refractivity contribution in [3.05, 3.63) is 0 Å². The number of nitrogens with zero attached hydrogens (tertiary/aromatic N) is 1. The van der Waals surface area contributed by atoms with E-state index in [1.807, 2.05) is 0 Å². The second kappa shape index (κ2) is 5.64. The highest BCUT2D eigenvalue weighted by Crippen LogP contribution is 2.22. The number of hydrogen-bond acceptors (Lipinski definition) is 6. The van der Waals surface area contributed by atoms with Gasteiger partial charge in [-0.15, -0.1) is 0 Å². The molecule has 0 aliphatic carbocycles. The van der Waals surface area contributed by atoms with E-state index in [9.17, 15) is 18.3 Å². The van der Waals surface area contributed by atoms with E-state index in [1.165, 1.54) is 4.90 Å². The molecule has 0 saturated carbocycles. The molecule has 2 atom stereocenters. The number of hydrogen-bond donors (Lipinski definition) is 1. The summed E-state index contributed by atoms with van der Waals surface area (Å²) in [7, 11) is -3.72. The van der Waals surface area contributed by atoms with Gasteiger partial charge in [0.15, 0.2) is 6.23 Å². The summed E-state index contributed by atoms with van der Waals surface area (Å²) in [6.45, 7) is 5.35. The van der Waals surface area contributed by atoms with Crippen LogP contribution in [0.4, 0.5) is 4.79 Å². The largest absolute Gasteiger partial charge is 0.444 e. The molecule has 0 radical (unpaired) electrons. The van der Waals surface area contributed by atoms with E-state index in [1.54, 1.807) is 20.8 Å². The summed E-state index contributed by atoms with van der Waals surface area (Å²) >= 11 is 0. The molecular weight excluding hydrogens is 274 g/mol. The first-order valence-electron chi connectivity index (χ1n) is 6.04. The molecule has 0 aromatic rings. The molecule has 1 N–H and O–H groups in total. The summed E-state index contributed by atoms with van der Waals surface area (Å²) in [5, 5.41) is 9.55. The number of carbonyl (C=O) groups is 1. The Balaban J connectivity index is 2.80. The topological polar surface area (TPSA) is 93.1 Å². The average molecular weight is 295 g/mol.